The van der Waals surface area contributed by atoms with Gasteiger partial charge in [0.15, 0.2) is 5.69 Å². The van der Waals surface area contributed by atoms with Crippen molar-refractivity contribution in [3.63, 3.8) is 0 Å². The van der Waals surface area contributed by atoms with Crippen molar-refractivity contribution in [3.8, 4) is 0 Å². The van der Waals surface area contributed by atoms with Gasteiger partial charge in [-0.15, -0.1) is 17.5 Å². The van der Waals surface area contributed by atoms with E-state index in [0.717, 1.165) is 31.5 Å². The highest BCUT2D eigenvalue weighted by Gasteiger charge is 2.18. The number of carbonyl (C=O) groups is 1. The minimum Gasteiger partial charge on any atom is -0.350 e. The highest BCUT2D eigenvalue weighted by atomic mass is 35.5. The lowest BCUT2D eigenvalue weighted by Gasteiger charge is -2.22. The van der Waals surface area contributed by atoms with Gasteiger partial charge in [-0.05, 0) is 37.9 Å². The van der Waals surface area contributed by atoms with Crippen LogP contribution in [0.4, 0.5) is 5.69 Å². The number of nitrogens with zero attached hydrogens (tertiary/aromatic N) is 4. The van der Waals surface area contributed by atoms with Crippen LogP contribution in [0.5, 0.6) is 0 Å². The number of rotatable bonds is 6. The van der Waals surface area contributed by atoms with E-state index in [9.17, 15) is 14.9 Å². The van der Waals surface area contributed by atoms with Crippen molar-refractivity contribution in [3.05, 3.63) is 51.8 Å². The summed E-state index contributed by atoms with van der Waals surface area (Å²) in [5.41, 5.74) is 1.29. The number of nitro benzene ring substituents is 1. The highest BCUT2D eigenvalue weighted by molar-refractivity contribution is 5.91. The molecule has 0 unspecified atom stereocenters. The van der Waals surface area contributed by atoms with E-state index in [0.29, 0.717) is 18.7 Å². The second-order valence-electron chi connectivity index (χ2n) is 5.99. The van der Waals surface area contributed by atoms with Crippen LogP contribution in [-0.4, -0.2) is 45.5 Å². The zero-order chi connectivity index (χ0) is 17.6. The molecule has 3 rings (SSSR count). The number of nitro groups is 1. The third-order valence-electron chi connectivity index (χ3n) is 4.27. The van der Waals surface area contributed by atoms with E-state index in [2.05, 4.69) is 20.9 Å². The molecule has 9 nitrogen and oxygen atoms in total. The molecule has 1 aromatic carbocycles. The lowest BCUT2D eigenvalue weighted by molar-refractivity contribution is -0.384. The normalized spacial score (nSPS) is 14.5. The molecule has 1 fully saturated rings. The van der Waals surface area contributed by atoms with Gasteiger partial charge >= 0.3 is 0 Å². The number of nitrogens with one attached hydrogen (secondary N) is 2. The summed E-state index contributed by atoms with van der Waals surface area (Å²) in [5, 5.41) is 24.7. The van der Waals surface area contributed by atoms with Crippen molar-refractivity contribution >= 4 is 24.0 Å². The molecule has 1 amide bonds. The monoisotopic (exact) mass is 380 g/mol. The molecule has 2 aromatic rings. The zero-order valence-corrected chi connectivity index (χ0v) is 14.9. The predicted octanol–water partition coefficient (Wildman–Crippen LogP) is 1.51. The molecule has 0 aliphatic carbocycles. The maximum absolute atomic E-state index is 12.1. The number of non-ortho nitro benzene ring substituents is 1. The predicted molar refractivity (Wildman–Crippen MR) is 97.5 cm³/mol. The summed E-state index contributed by atoms with van der Waals surface area (Å²) in [4.78, 5) is 22.3. The molecular formula is C16H21ClN6O3. The number of amides is 1. The molecule has 1 saturated heterocycles. The van der Waals surface area contributed by atoms with E-state index in [4.69, 9.17) is 0 Å². The van der Waals surface area contributed by atoms with Crippen LogP contribution < -0.4 is 10.6 Å². The van der Waals surface area contributed by atoms with Crippen LogP contribution in [0.25, 0.3) is 0 Å². The van der Waals surface area contributed by atoms with Crippen molar-refractivity contribution < 1.29 is 9.72 Å². The van der Waals surface area contributed by atoms with Crippen LogP contribution in [-0.2, 0) is 6.42 Å². The van der Waals surface area contributed by atoms with Crippen molar-refractivity contribution in [2.24, 2.45) is 0 Å². The van der Waals surface area contributed by atoms with Crippen LogP contribution in [0.15, 0.2) is 30.5 Å². The first kappa shape index (κ1) is 19.8. The van der Waals surface area contributed by atoms with Gasteiger partial charge in [-0.2, -0.15) is 0 Å². The first-order valence-electron chi connectivity index (χ1n) is 8.27. The number of hydrogen-bond donors (Lipinski definition) is 2. The first-order chi connectivity index (χ1) is 12.1. The van der Waals surface area contributed by atoms with E-state index in [1.807, 2.05) is 0 Å². The standard InChI is InChI=1S/C16H20N6O3.ClH/c23-16(15-11-21(20-19-15)13-6-8-17-9-7-13)18-10-5-12-1-3-14(4-2-12)22(24)25;/h1-4,11,13,17H,5-10H2,(H,18,23);1H. The SMILES string of the molecule is Cl.O=C(NCCc1ccc([N+](=O)[O-])cc1)c1cn(C2CCNCC2)nn1. The number of halogens is 1. The Hall–Kier alpha value is -2.52. The second-order valence-corrected chi connectivity index (χ2v) is 5.99. The van der Waals surface area contributed by atoms with E-state index in [1.165, 1.54) is 12.1 Å². The molecule has 0 radical (unpaired) electrons. The Morgan fingerprint density at radius 2 is 2.00 bits per heavy atom. The molecule has 1 aromatic heterocycles. The molecule has 0 saturated carbocycles. The molecule has 0 bridgehead atoms. The minimum absolute atomic E-state index is 0. The molecule has 2 heterocycles. The molecule has 0 spiro atoms. The summed E-state index contributed by atoms with van der Waals surface area (Å²) in [5.74, 6) is -0.262. The average Bonchev–Trinajstić information content (AvgIpc) is 3.13. The summed E-state index contributed by atoms with van der Waals surface area (Å²) in [7, 11) is 0. The number of carbonyl (C=O) groups excluding carboxylic acids is 1. The fourth-order valence-electron chi connectivity index (χ4n) is 2.83. The maximum Gasteiger partial charge on any atom is 0.273 e. The van der Waals surface area contributed by atoms with Gasteiger partial charge in [0, 0.05) is 18.7 Å². The van der Waals surface area contributed by atoms with Crippen molar-refractivity contribution in [1.82, 2.24) is 25.6 Å². The highest BCUT2D eigenvalue weighted by Crippen LogP contribution is 2.17. The summed E-state index contributed by atoms with van der Waals surface area (Å²) in [6.45, 7) is 2.32. The van der Waals surface area contributed by atoms with Gasteiger partial charge in [0.05, 0.1) is 17.2 Å². The Labute approximate surface area is 156 Å². The quantitative estimate of drug-likeness (QED) is 0.579. The van der Waals surface area contributed by atoms with E-state index >= 15 is 0 Å². The zero-order valence-electron chi connectivity index (χ0n) is 14.1. The van der Waals surface area contributed by atoms with Gasteiger partial charge < -0.3 is 10.6 Å². The average molecular weight is 381 g/mol. The fourth-order valence-corrected chi connectivity index (χ4v) is 2.83. The van der Waals surface area contributed by atoms with Gasteiger partial charge in [-0.1, -0.05) is 17.3 Å². The number of benzene rings is 1. The fraction of sp³-hybridized carbons (Fsp3) is 0.438. The number of hydrogen-bond acceptors (Lipinski definition) is 6. The maximum atomic E-state index is 12.1. The van der Waals surface area contributed by atoms with Crippen LogP contribution in [0, 0.1) is 10.1 Å². The van der Waals surface area contributed by atoms with Gasteiger partial charge in [0.2, 0.25) is 0 Å². The Morgan fingerprint density at radius 3 is 2.65 bits per heavy atom. The second kappa shape index (κ2) is 9.25. The number of aromatic nitrogens is 3. The molecule has 140 valence electrons. The van der Waals surface area contributed by atoms with Crippen LogP contribution in [0.1, 0.15) is 34.9 Å². The lowest BCUT2D eigenvalue weighted by Crippen LogP contribution is -2.29. The topological polar surface area (TPSA) is 115 Å². The van der Waals surface area contributed by atoms with E-state index < -0.39 is 4.92 Å². The van der Waals surface area contributed by atoms with Crippen molar-refractivity contribution in [2.75, 3.05) is 19.6 Å². The minimum atomic E-state index is -0.433. The third kappa shape index (κ3) is 4.99. The lowest BCUT2D eigenvalue weighted by atomic mass is 10.1. The van der Waals surface area contributed by atoms with Crippen LogP contribution in [0.3, 0.4) is 0 Å². The van der Waals surface area contributed by atoms with Crippen LogP contribution >= 0.6 is 12.4 Å². The molecule has 2 N–H and O–H groups in total. The molecule has 1 aliphatic rings. The molecular weight excluding hydrogens is 360 g/mol. The Bertz CT molecular complexity index is 743. The number of piperidine rings is 1. The molecule has 26 heavy (non-hydrogen) atoms. The van der Waals surface area contributed by atoms with Gasteiger partial charge in [-0.3, -0.25) is 14.9 Å². The smallest absolute Gasteiger partial charge is 0.273 e. The van der Waals surface area contributed by atoms with E-state index in [1.54, 1.807) is 23.0 Å². The summed E-state index contributed by atoms with van der Waals surface area (Å²) >= 11 is 0. The largest absolute Gasteiger partial charge is 0.350 e. The van der Waals surface area contributed by atoms with Gasteiger partial charge in [0.1, 0.15) is 0 Å². The van der Waals surface area contributed by atoms with Gasteiger partial charge in [-0.25, -0.2) is 4.68 Å². The van der Waals surface area contributed by atoms with Gasteiger partial charge in [0.25, 0.3) is 11.6 Å². The van der Waals surface area contributed by atoms with Crippen molar-refractivity contribution in [1.29, 1.82) is 0 Å². The molecule has 0 atom stereocenters. The third-order valence-corrected chi connectivity index (χ3v) is 4.27. The summed E-state index contributed by atoms with van der Waals surface area (Å²) in [6, 6.07) is 6.59. The van der Waals surface area contributed by atoms with Crippen molar-refractivity contribution in [2.45, 2.75) is 25.3 Å². The Kier molecular flexibility index (Phi) is 7.05. The molecule has 10 heteroatoms. The summed E-state index contributed by atoms with van der Waals surface area (Å²) < 4.78 is 1.77. The summed E-state index contributed by atoms with van der Waals surface area (Å²) in [6.07, 6.45) is 4.23. The van der Waals surface area contributed by atoms with E-state index in [-0.39, 0.29) is 30.0 Å². The Balaban J connectivity index is 0.00000243. The molecule has 1 aliphatic heterocycles. The van der Waals surface area contributed by atoms with Crippen LogP contribution in [0.2, 0.25) is 0 Å². The Morgan fingerprint density at radius 1 is 1.31 bits per heavy atom. The first-order valence-corrected chi connectivity index (χ1v) is 8.27.